The summed E-state index contributed by atoms with van der Waals surface area (Å²) in [5.41, 5.74) is 2.06. The molecule has 0 spiro atoms. The Bertz CT molecular complexity index is 536. The molecule has 4 heteroatoms. The fourth-order valence-electron chi connectivity index (χ4n) is 1.98. The molecular formula is C14H16FNO2. The van der Waals surface area contributed by atoms with E-state index in [1.54, 1.807) is 18.4 Å². The van der Waals surface area contributed by atoms with E-state index < -0.39 is 0 Å². The molecule has 2 aromatic rings. The standard InChI is InChI=1S/C14H16FNO2/c1-10-11(6-7-18-10)8-16(2)14-5-3-4-13(15)12(14)9-17/h3-7,17H,8-9H2,1-2H3. The summed E-state index contributed by atoms with van der Waals surface area (Å²) in [7, 11) is 1.86. The van der Waals surface area contributed by atoms with E-state index in [4.69, 9.17) is 4.42 Å². The normalized spacial score (nSPS) is 10.7. The number of rotatable bonds is 4. The summed E-state index contributed by atoms with van der Waals surface area (Å²) in [5.74, 6) is 0.467. The highest BCUT2D eigenvalue weighted by atomic mass is 19.1. The largest absolute Gasteiger partial charge is 0.469 e. The molecule has 96 valence electrons. The summed E-state index contributed by atoms with van der Waals surface area (Å²) >= 11 is 0. The van der Waals surface area contributed by atoms with Crippen LogP contribution in [0.15, 0.2) is 34.9 Å². The van der Waals surface area contributed by atoms with Crippen LogP contribution in [0.2, 0.25) is 0 Å². The van der Waals surface area contributed by atoms with Crippen molar-refractivity contribution in [3.8, 4) is 0 Å². The van der Waals surface area contributed by atoms with Crippen LogP contribution >= 0.6 is 0 Å². The van der Waals surface area contributed by atoms with Crippen molar-refractivity contribution in [2.24, 2.45) is 0 Å². The maximum Gasteiger partial charge on any atom is 0.130 e. The Labute approximate surface area is 105 Å². The molecule has 1 N–H and O–H groups in total. The van der Waals surface area contributed by atoms with E-state index in [1.807, 2.05) is 24.9 Å². The summed E-state index contributed by atoms with van der Waals surface area (Å²) in [6.45, 7) is 2.19. The van der Waals surface area contributed by atoms with Crippen molar-refractivity contribution in [2.75, 3.05) is 11.9 Å². The monoisotopic (exact) mass is 249 g/mol. The summed E-state index contributed by atoms with van der Waals surface area (Å²) in [6.07, 6.45) is 1.64. The van der Waals surface area contributed by atoms with Gasteiger partial charge in [-0.15, -0.1) is 0 Å². The second kappa shape index (κ2) is 5.23. The molecular weight excluding hydrogens is 233 g/mol. The lowest BCUT2D eigenvalue weighted by atomic mass is 10.1. The molecule has 0 radical (unpaired) electrons. The zero-order chi connectivity index (χ0) is 13.1. The Hall–Kier alpha value is -1.81. The molecule has 0 amide bonds. The molecule has 1 aromatic carbocycles. The first-order chi connectivity index (χ1) is 8.63. The Kier molecular flexibility index (Phi) is 3.67. The predicted octanol–water partition coefficient (Wildman–Crippen LogP) is 2.86. The molecule has 0 aliphatic carbocycles. The van der Waals surface area contributed by atoms with Gasteiger partial charge in [-0.05, 0) is 25.1 Å². The minimum atomic E-state index is -0.384. The second-order valence-electron chi connectivity index (χ2n) is 4.25. The Morgan fingerprint density at radius 2 is 2.11 bits per heavy atom. The molecule has 2 rings (SSSR count). The van der Waals surface area contributed by atoms with Gasteiger partial charge in [-0.25, -0.2) is 4.39 Å². The van der Waals surface area contributed by atoms with Crippen molar-refractivity contribution < 1.29 is 13.9 Å². The van der Waals surface area contributed by atoms with Gasteiger partial charge in [0.15, 0.2) is 0 Å². The molecule has 0 fully saturated rings. The van der Waals surface area contributed by atoms with Gasteiger partial charge in [0.2, 0.25) is 0 Å². The lowest BCUT2D eigenvalue weighted by Crippen LogP contribution is -2.18. The van der Waals surface area contributed by atoms with Gasteiger partial charge >= 0.3 is 0 Å². The van der Waals surface area contributed by atoms with Gasteiger partial charge in [-0.2, -0.15) is 0 Å². The van der Waals surface area contributed by atoms with Gasteiger partial charge in [0.1, 0.15) is 11.6 Å². The van der Waals surface area contributed by atoms with E-state index in [9.17, 15) is 9.50 Å². The number of aliphatic hydroxyl groups excluding tert-OH is 1. The summed E-state index contributed by atoms with van der Waals surface area (Å²) in [5, 5.41) is 9.24. The minimum absolute atomic E-state index is 0.309. The van der Waals surface area contributed by atoms with Gasteiger partial charge < -0.3 is 14.4 Å². The number of furan rings is 1. The first kappa shape index (κ1) is 12.6. The van der Waals surface area contributed by atoms with E-state index in [0.29, 0.717) is 17.8 Å². The highest BCUT2D eigenvalue weighted by molar-refractivity contribution is 5.53. The van der Waals surface area contributed by atoms with Crippen molar-refractivity contribution in [3.05, 3.63) is 53.2 Å². The highest BCUT2D eigenvalue weighted by Crippen LogP contribution is 2.24. The van der Waals surface area contributed by atoms with Gasteiger partial charge in [-0.1, -0.05) is 6.07 Å². The van der Waals surface area contributed by atoms with Crippen LogP contribution in [0.4, 0.5) is 10.1 Å². The number of benzene rings is 1. The lowest BCUT2D eigenvalue weighted by molar-refractivity contribution is 0.276. The van der Waals surface area contributed by atoms with E-state index in [-0.39, 0.29) is 12.4 Å². The molecule has 0 bridgehead atoms. The lowest BCUT2D eigenvalue weighted by Gasteiger charge is -2.22. The third-order valence-electron chi connectivity index (χ3n) is 3.04. The van der Waals surface area contributed by atoms with Crippen LogP contribution in [0.5, 0.6) is 0 Å². The third-order valence-corrected chi connectivity index (χ3v) is 3.04. The van der Waals surface area contributed by atoms with Crippen molar-refractivity contribution in [1.29, 1.82) is 0 Å². The van der Waals surface area contributed by atoms with Crippen LogP contribution in [0, 0.1) is 12.7 Å². The zero-order valence-electron chi connectivity index (χ0n) is 10.5. The van der Waals surface area contributed by atoms with Crippen LogP contribution in [-0.4, -0.2) is 12.2 Å². The SMILES string of the molecule is Cc1occc1CN(C)c1cccc(F)c1CO. The van der Waals surface area contributed by atoms with Gasteiger partial charge in [0, 0.05) is 30.4 Å². The molecule has 0 saturated carbocycles. The quantitative estimate of drug-likeness (QED) is 0.905. The molecule has 0 unspecified atom stereocenters. The number of hydrogen-bond acceptors (Lipinski definition) is 3. The average molecular weight is 249 g/mol. The molecule has 0 aliphatic heterocycles. The van der Waals surface area contributed by atoms with E-state index in [2.05, 4.69) is 0 Å². The third kappa shape index (κ3) is 2.38. The topological polar surface area (TPSA) is 36.6 Å². The van der Waals surface area contributed by atoms with E-state index >= 15 is 0 Å². The number of anilines is 1. The maximum absolute atomic E-state index is 13.6. The van der Waals surface area contributed by atoms with E-state index in [0.717, 1.165) is 11.3 Å². The molecule has 0 atom stereocenters. The highest BCUT2D eigenvalue weighted by Gasteiger charge is 2.12. The number of aliphatic hydroxyl groups is 1. The van der Waals surface area contributed by atoms with Gasteiger partial charge in [-0.3, -0.25) is 0 Å². The minimum Gasteiger partial charge on any atom is -0.469 e. The first-order valence-corrected chi connectivity index (χ1v) is 5.76. The molecule has 0 saturated heterocycles. The fourth-order valence-corrected chi connectivity index (χ4v) is 1.98. The average Bonchev–Trinajstić information content (AvgIpc) is 2.74. The number of halogens is 1. The molecule has 18 heavy (non-hydrogen) atoms. The number of nitrogens with zero attached hydrogens (tertiary/aromatic N) is 1. The Morgan fingerprint density at radius 1 is 1.33 bits per heavy atom. The fraction of sp³-hybridized carbons (Fsp3) is 0.286. The van der Waals surface area contributed by atoms with Crippen molar-refractivity contribution >= 4 is 5.69 Å². The van der Waals surface area contributed by atoms with E-state index in [1.165, 1.54) is 6.07 Å². The summed E-state index contributed by atoms with van der Waals surface area (Å²) < 4.78 is 18.8. The summed E-state index contributed by atoms with van der Waals surface area (Å²) in [4.78, 5) is 1.90. The van der Waals surface area contributed by atoms with Crippen molar-refractivity contribution in [2.45, 2.75) is 20.1 Å². The molecule has 1 heterocycles. The maximum atomic E-state index is 13.6. The molecule has 1 aromatic heterocycles. The van der Waals surface area contributed by atoms with Crippen LogP contribution in [0.1, 0.15) is 16.9 Å². The second-order valence-corrected chi connectivity index (χ2v) is 4.25. The zero-order valence-corrected chi connectivity index (χ0v) is 10.5. The Balaban J connectivity index is 2.26. The van der Waals surface area contributed by atoms with Crippen LogP contribution in [0.3, 0.4) is 0 Å². The number of hydrogen-bond donors (Lipinski definition) is 1. The smallest absolute Gasteiger partial charge is 0.130 e. The van der Waals surface area contributed by atoms with Crippen LogP contribution in [0.25, 0.3) is 0 Å². The van der Waals surface area contributed by atoms with Crippen molar-refractivity contribution in [1.82, 2.24) is 0 Å². The summed E-state index contributed by atoms with van der Waals surface area (Å²) in [6, 6.07) is 6.68. The number of aryl methyl sites for hydroxylation is 1. The molecule has 3 nitrogen and oxygen atoms in total. The van der Waals surface area contributed by atoms with Gasteiger partial charge in [0.25, 0.3) is 0 Å². The Morgan fingerprint density at radius 3 is 2.72 bits per heavy atom. The first-order valence-electron chi connectivity index (χ1n) is 5.76. The van der Waals surface area contributed by atoms with Crippen molar-refractivity contribution in [3.63, 3.8) is 0 Å². The van der Waals surface area contributed by atoms with Gasteiger partial charge in [0.05, 0.1) is 12.9 Å². The molecule has 0 aliphatic rings. The van der Waals surface area contributed by atoms with Crippen LogP contribution < -0.4 is 4.90 Å². The predicted molar refractivity (Wildman–Crippen MR) is 67.9 cm³/mol. The van der Waals surface area contributed by atoms with Crippen LogP contribution in [-0.2, 0) is 13.2 Å².